The SMILES string of the molecule is CC1=C(C)C(=O)C(CC(CCCn2ccnc2)[C@@](C)(O)C(N)=O)=C(C)C1=O. The Hall–Kier alpha value is -2.54. The number of aryl methyl sites for hydroxylation is 1. The highest BCUT2D eigenvalue weighted by Gasteiger charge is 2.40. The van der Waals surface area contributed by atoms with E-state index >= 15 is 0 Å². The van der Waals surface area contributed by atoms with Gasteiger partial charge in [-0.2, -0.15) is 0 Å². The second-order valence-corrected chi connectivity index (χ2v) is 7.37. The number of ketones is 2. The van der Waals surface area contributed by atoms with Crippen LogP contribution in [0.1, 0.15) is 47.0 Å². The lowest BCUT2D eigenvalue weighted by Gasteiger charge is -2.32. The summed E-state index contributed by atoms with van der Waals surface area (Å²) < 4.78 is 1.89. The van der Waals surface area contributed by atoms with Gasteiger partial charge in [0.2, 0.25) is 5.91 Å². The predicted molar refractivity (Wildman–Crippen MR) is 100 cm³/mol. The number of allylic oxidation sites excluding steroid dienone is 4. The molecule has 0 bridgehead atoms. The minimum absolute atomic E-state index is 0.126. The molecular formula is C20H27N3O4. The van der Waals surface area contributed by atoms with Crippen molar-refractivity contribution in [2.45, 2.75) is 59.1 Å². The topological polar surface area (TPSA) is 115 Å². The molecule has 0 radical (unpaired) electrons. The molecule has 1 aliphatic carbocycles. The molecule has 1 aromatic rings. The van der Waals surface area contributed by atoms with Crippen LogP contribution < -0.4 is 5.73 Å². The monoisotopic (exact) mass is 373 g/mol. The second-order valence-electron chi connectivity index (χ2n) is 7.37. The third-order valence-electron chi connectivity index (χ3n) is 5.58. The maximum absolute atomic E-state index is 12.7. The van der Waals surface area contributed by atoms with Crippen LogP contribution in [0.5, 0.6) is 0 Å². The smallest absolute Gasteiger partial charge is 0.249 e. The molecule has 0 aromatic carbocycles. The number of hydrogen-bond donors (Lipinski definition) is 2. The zero-order chi connectivity index (χ0) is 20.4. The zero-order valence-corrected chi connectivity index (χ0v) is 16.3. The van der Waals surface area contributed by atoms with E-state index in [2.05, 4.69) is 4.98 Å². The van der Waals surface area contributed by atoms with Gasteiger partial charge in [0.15, 0.2) is 11.6 Å². The number of carbonyl (C=O) groups excluding carboxylic acids is 3. The summed E-state index contributed by atoms with van der Waals surface area (Å²) in [4.78, 5) is 40.9. The average molecular weight is 373 g/mol. The van der Waals surface area contributed by atoms with E-state index in [0.29, 0.717) is 41.7 Å². The number of nitrogens with two attached hydrogens (primary N) is 1. The van der Waals surface area contributed by atoms with E-state index < -0.39 is 17.4 Å². The highest BCUT2D eigenvalue weighted by molar-refractivity contribution is 6.24. The van der Waals surface area contributed by atoms with Crippen LogP contribution in [0.3, 0.4) is 0 Å². The maximum Gasteiger partial charge on any atom is 0.249 e. The molecule has 0 saturated heterocycles. The molecule has 7 heteroatoms. The van der Waals surface area contributed by atoms with Crippen LogP contribution >= 0.6 is 0 Å². The van der Waals surface area contributed by atoms with Gasteiger partial charge in [0, 0.05) is 47.1 Å². The van der Waals surface area contributed by atoms with Gasteiger partial charge in [0.1, 0.15) is 5.60 Å². The van der Waals surface area contributed by atoms with E-state index in [1.165, 1.54) is 6.92 Å². The number of hydrogen-bond acceptors (Lipinski definition) is 5. The van der Waals surface area contributed by atoms with Gasteiger partial charge in [-0.1, -0.05) is 0 Å². The molecule has 146 valence electrons. The molecular weight excluding hydrogens is 346 g/mol. The van der Waals surface area contributed by atoms with Crippen molar-refractivity contribution in [2.24, 2.45) is 11.7 Å². The third-order valence-corrected chi connectivity index (χ3v) is 5.58. The van der Waals surface area contributed by atoms with Gasteiger partial charge in [-0.25, -0.2) is 4.98 Å². The van der Waals surface area contributed by atoms with Crippen LogP contribution in [-0.2, 0) is 20.9 Å². The van der Waals surface area contributed by atoms with Crippen LogP contribution in [0.15, 0.2) is 41.0 Å². The number of imidazole rings is 1. The first-order chi connectivity index (χ1) is 12.6. The Balaban J connectivity index is 2.24. The number of amides is 1. The Morgan fingerprint density at radius 3 is 2.41 bits per heavy atom. The van der Waals surface area contributed by atoms with Gasteiger partial charge in [-0.3, -0.25) is 14.4 Å². The Kier molecular flexibility index (Phi) is 6.15. The first-order valence-corrected chi connectivity index (χ1v) is 9.02. The lowest BCUT2D eigenvalue weighted by Crippen LogP contribution is -2.48. The number of carbonyl (C=O) groups is 3. The Morgan fingerprint density at radius 2 is 1.85 bits per heavy atom. The van der Waals surface area contributed by atoms with Crippen molar-refractivity contribution >= 4 is 17.5 Å². The van der Waals surface area contributed by atoms with Crippen molar-refractivity contribution in [1.82, 2.24) is 9.55 Å². The molecule has 1 heterocycles. The molecule has 1 unspecified atom stereocenters. The molecule has 0 spiro atoms. The fourth-order valence-electron chi connectivity index (χ4n) is 3.37. The average Bonchev–Trinajstić information content (AvgIpc) is 3.13. The summed E-state index contributed by atoms with van der Waals surface area (Å²) in [5, 5.41) is 10.7. The number of Topliss-reactive ketones (excluding diaryl/α,β-unsaturated/α-hetero) is 2. The summed E-state index contributed by atoms with van der Waals surface area (Å²) in [7, 11) is 0. The van der Waals surface area contributed by atoms with E-state index in [4.69, 9.17) is 5.73 Å². The number of aromatic nitrogens is 2. The Morgan fingerprint density at radius 1 is 1.22 bits per heavy atom. The second kappa shape index (κ2) is 8.00. The standard InChI is InChI=1S/C20H27N3O4/c1-12-13(2)18(25)16(14(3)17(12)24)10-15(20(4,27)19(21)26)6-5-8-23-9-7-22-11-23/h7,9,11,15,27H,5-6,8,10H2,1-4H3,(H2,21,26)/t15?,20-/m1/s1. The van der Waals surface area contributed by atoms with E-state index in [1.807, 2.05) is 10.8 Å². The zero-order valence-electron chi connectivity index (χ0n) is 16.3. The largest absolute Gasteiger partial charge is 0.380 e. The molecule has 0 aliphatic heterocycles. The van der Waals surface area contributed by atoms with Crippen molar-refractivity contribution in [3.8, 4) is 0 Å². The fourth-order valence-corrected chi connectivity index (χ4v) is 3.37. The van der Waals surface area contributed by atoms with E-state index in [9.17, 15) is 19.5 Å². The summed E-state index contributed by atoms with van der Waals surface area (Å²) in [6.07, 6.45) is 6.44. The van der Waals surface area contributed by atoms with Gasteiger partial charge in [0.05, 0.1) is 6.33 Å². The fraction of sp³-hybridized carbons (Fsp3) is 0.500. The summed E-state index contributed by atoms with van der Waals surface area (Å²) in [6, 6.07) is 0. The number of rotatable bonds is 8. The van der Waals surface area contributed by atoms with Crippen molar-refractivity contribution < 1.29 is 19.5 Å². The summed E-state index contributed by atoms with van der Waals surface area (Å²) in [5.41, 5.74) is 5.22. The first-order valence-electron chi connectivity index (χ1n) is 9.02. The van der Waals surface area contributed by atoms with E-state index in [-0.39, 0.29) is 18.0 Å². The van der Waals surface area contributed by atoms with Crippen molar-refractivity contribution in [3.63, 3.8) is 0 Å². The minimum atomic E-state index is -1.78. The molecule has 1 aliphatic rings. The van der Waals surface area contributed by atoms with Gasteiger partial charge in [-0.05, 0) is 47.0 Å². The molecule has 27 heavy (non-hydrogen) atoms. The summed E-state index contributed by atoms with van der Waals surface area (Å²) in [6.45, 7) is 6.91. The van der Waals surface area contributed by atoms with Crippen molar-refractivity contribution in [3.05, 3.63) is 41.0 Å². The maximum atomic E-state index is 12.7. The Bertz CT molecular complexity index is 816. The van der Waals surface area contributed by atoms with Gasteiger partial charge < -0.3 is 15.4 Å². The third kappa shape index (κ3) is 4.24. The van der Waals surface area contributed by atoms with Gasteiger partial charge in [-0.15, -0.1) is 0 Å². The van der Waals surface area contributed by atoms with Crippen LogP contribution in [-0.4, -0.2) is 37.7 Å². The van der Waals surface area contributed by atoms with Crippen molar-refractivity contribution in [1.29, 1.82) is 0 Å². The van der Waals surface area contributed by atoms with Crippen LogP contribution in [0.4, 0.5) is 0 Å². The Labute approximate surface area is 159 Å². The van der Waals surface area contributed by atoms with Crippen LogP contribution in [0, 0.1) is 5.92 Å². The molecule has 2 atom stereocenters. The molecule has 1 aromatic heterocycles. The van der Waals surface area contributed by atoms with Gasteiger partial charge in [0.25, 0.3) is 0 Å². The number of nitrogens with zero attached hydrogens (tertiary/aromatic N) is 2. The molecule has 2 rings (SSSR count). The predicted octanol–water partition coefficient (Wildman–Crippen LogP) is 1.71. The normalized spacial score (nSPS) is 18.7. The number of aliphatic hydroxyl groups is 1. The molecule has 1 amide bonds. The van der Waals surface area contributed by atoms with Gasteiger partial charge >= 0.3 is 0 Å². The molecule has 3 N–H and O–H groups in total. The van der Waals surface area contributed by atoms with Crippen molar-refractivity contribution in [2.75, 3.05) is 0 Å². The summed E-state index contributed by atoms with van der Waals surface area (Å²) in [5.74, 6) is -1.79. The summed E-state index contributed by atoms with van der Waals surface area (Å²) >= 11 is 0. The molecule has 0 fully saturated rings. The lowest BCUT2D eigenvalue weighted by molar-refractivity contribution is -0.140. The van der Waals surface area contributed by atoms with Crippen LogP contribution in [0.25, 0.3) is 0 Å². The highest BCUT2D eigenvalue weighted by atomic mass is 16.3. The number of primary amides is 1. The highest BCUT2D eigenvalue weighted by Crippen LogP contribution is 2.34. The van der Waals surface area contributed by atoms with E-state index in [1.54, 1.807) is 33.3 Å². The molecule has 7 nitrogen and oxygen atoms in total. The first kappa shape index (κ1) is 20.8. The lowest BCUT2D eigenvalue weighted by atomic mass is 9.75. The van der Waals surface area contributed by atoms with E-state index in [0.717, 1.165) is 0 Å². The van der Waals surface area contributed by atoms with Crippen LogP contribution in [0.2, 0.25) is 0 Å². The minimum Gasteiger partial charge on any atom is -0.380 e. The quantitative estimate of drug-likeness (QED) is 0.673. The molecule has 0 saturated carbocycles.